The maximum Gasteiger partial charge on any atom is 0.319 e. The fourth-order valence-corrected chi connectivity index (χ4v) is 3.21. The first kappa shape index (κ1) is 22.4. The normalized spacial score (nSPS) is 11.4. The van der Waals surface area contributed by atoms with Crippen LogP contribution in [0.1, 0.15) is 18.0 Å². The van der Waals surface area contributed by atoms with Crippen LogP contribution in [0.2, 0.25) is 0 Å². The number of aromatic hydroxyl groups is 1. The molecule has 1 aromatic heterocycles. The summed E-state index contributed by atoms with van der Waals surface area (Å²) in [5.74, 6) is -1.03. The molecule has 166 valence electrons. The smallest absolute Gasteiger partial charge is 0.319 e. The van der Waals surface area contributed by atoms with E-state index in [0.717, 1.165) is 11.1 Å². The number of hydrogen-bond donors (Lipinski definition) is 4. The molecule has 9 nitrogen and oxygen atoms in total. The number of methoxy groups -OCH3 is 1. The Hall–Kier alpha value is -4.27. The standard InChI is InChI=1S/C23H23N3O6/c1-26-9-8-19(27)21(22(26)30)25-23(31)24-18(13-20(28)29)16-10-15(11-17(12-16)32-2)14-6-4-3-5-7-14/h3-12,18,27H,13H2,1-2H3,(H,28,29)(H2,24,25,31). The van der Waals surface area contributed by atoms with Gasteiger partial charge in [0.1, 0.15) is 11.5 Å². The van der Waals surface area contributed by atoms with Gasteiger partial charge in [0.05, 0.1) is 19.6 Å². The van der Waals surface area contributed by atoms with Crippen molar-refractivity contribution in [1.29, 1.82) is 0 Å². The maximum atomic E-state index is 12.6. The molecule has 1 heterocycles. The van der Waals surface area contributed by atoms with Gasteiger partial charge in [-0.1, -0.05) is 30.3 Å². The molecule has 0 aliphatic heterocycles. The highest BCUT2D eigenvalue weighted by Crippen LogP contribution is 2.30. The monoisotopic (exact) mass is 437 g/mol. The Labute approximate surface area is 183 Å². The van der Waals surface area contributed by atoms with Gasteiger partial charge in [-0.3, -0.25) is 9.59 Å². The third kappa shape index (κ3) is 5.25. The van der Waals surface area contributed by atoms with Gasteiger partial charge in [0.15, 0.2) is 5.69 Å². The van der Waals surface area contributed by atoms with Crippen LogP contribution in [-0.2, 0) is 11.8 Å². The number of benzene rings is 2. The van der Waals surface area contributed by atoms with E-state index >= 15 is 0 Å². The SMILES string of the molecule is COc1cc(-c2ccccc2)cc(C(CC(=O)O)NC(=O)Nc2c(O)ccn(C)c2=O)c1. The van der Waals surface area contributed by atoms with Crippen molar-refractivity contribution >= 4 is 17.7 Å². The number of hydrogen-bond acceptors (Lipinski definition) is 5. The van der Waals surface area contributed by atoms with E-state index in [2.05, 4.69) is 10.6 Å². The topological polar surface area (TPSA) is 130 Å². The molecule has 0 fully saturated rings. The second kappa shape index (κ2) is 9.69. The summed E-state index contributed by atoms with van der Waals surface area (Å²) in [4.78, 5) is 36.3. The van der Waals surface area contributed by atoms with Crippen LogP contribution in [0.25, 0.3) is 11.1 Å². The van der Waals surface area contributed by atoms with Crippen LogP contribution in [0.15, 0.2) is 65.6 Å². The van der Waals surface area contributed by atoms with Crippen molar-refractivity contribution < 1.29 is 24.5 Å². The molecule has 0 aliphatic carbocycles. The molecule has 3 aromatic rings. The first-order chi connectivity index (χ1) is 15.3. The summed E-state index contributed by atoms with van der Waals surface area (Å²) in [7, 11) is 2.97. The maximum absolute atomic E-state index is 12.6. The van der Waals surface area contributed by atoms with Crippen LogP contribution in [0.4, 0.5) is 10.5 Å². The lowest BCUT2D eigenvalue weighted by Gasteiger charge is -2.20. The minimum atomic E-state index is -1.13. The van der Waals surface area contributed by atoms with E-state index in [-0.39, 0.29) is 5.69 Å². The Morgan fingerprint density at radius 2 is 1.81 bits per heavy atom. The molecule has 0 aliphatic rings. The van der Waals surface area contributed by atoms with Crippen LogP contribution in [0, 0.1) is 0 Å². The average molecular weight is 437 g/mol. The number of carboxylic acid groups (broad SMARTS) is 1. The van der Waals surface area contributed by atoms with E-state index < -0.39 is 35.8 Å². The number of amides is 2. The van der Waals surface area contributed by atoms with Crippen LogP contribution in [0.3, 0.4) is 0 Å². The second-order valence-corrected chi connectivity index (χ2v) is 7.10. The molecular weight excluding hydrogens is 414 g/mol. The van der Waals surface area contributed by atoms with Gasteiger partial charge in [0, 0.05) is 13.2 Å². The van der Waals surface area contributed by atoms with Gasteiger partial charge in [0.2, 0.25) is 0 Å². The quantitative estimate of drug-likeness (QED) is 0.449. The molecule has 0 saturated heterocycles. The predicted octanol–water partition coefficient (Wildman–Crippen LogP) is 3.10. The van der Waals surface area contributed by atoms with Crippen molar-refractivity contribution in [3.8, 4) is 22.6 Å². The Morgan fingerprint density at radius 3 is 2.47 bits per heavy atom. The largest absolute Gasteiger partial charge is 0.505 e. The van der Waals surface area contributed by atoms with Crippen LogP contribution in [0.5, 0.6) is 11.5 Å². The number of nitrogens with zero attached hydrogens (tertiary/aromatic N) is 1. The lowest BCUT2D eigenvalue weighted by atomic mass is 9.97. The summed E-state index contributed by atoms with van der Waals surface area (Å²) < 4.78 is 6.56. The zero-order valence-electron chi connectivity index (χ0n) is 17.5. The number of urea groups is 1. The molecule has 0 bridgehead atoms. The zero-order chi connectivity index (χ0) is 23.3. The Morgan fingerprint density at radius 1 is 1.09 bits per heavy atom. The Balaban J connectivity index is 1.93. The molecule has 3 rings (SSSR count). The molecule has 0 radical (unpaired) electrons. The van der Waals surface area contributed by atoms with E-state index in [4.69, 9.17) is 4.74 Å². The number of anilines is 1. The van der Waals surface area contributed by atoms with Crippen LogP contribution in [-0.4, -0.2) is 33.9 Å². The van der Waals surface area contributed by atoms with E-state index in [1.165, 1.54) is 31.0 Å². The molecule has 9 heteroatoms. The van der Waals surface area contributed by atoms with Crippen LogP contribution >= 0.6 is 0 Å². The van der Waals surface area contributed by atoms with Crippen molar-refractivity contribution in [2.24, 2.45) is 7.05 Å². The molecule has 4 N–H and O–H groups in total. The number of rotatable bonds is 7. The summed E-state index contributed by atoms with van der Waals surface area (Å²) in [6.07, 6.45) is 0.947. The Kier molecular flexibility index (Phi) is 6.79. The molecule has 2 amide bonds. The number of carbonyl (C=O) groups excluding carboxylic acids is 1. The summed E-state index contributed by atoms with van der Waals surface area (Å²) in [5.41, 5.74) is 1.27. The van der Waals surface area contributed by atoms with E-state index in [1.807, 2.05) is 36.4 Å². The molecular formula is C23H23N3O6. The van der Waals surface area contributed by atoms with Gasteiger partial charge in [0.25, 0.3) is 5.56 Å². The molecule has 2 aromatic carbocycles. The Bertz CT molecular complexity index is 1190. The van der Waals surface area contributed by atoms with Crippen molar-refractivity contribution in [3.05, 3.63) is 76.7 Å². The van der Waals surface area contributed by atoms with Gasteiger partial charge < -0.3 is 30.2 Å². The van der Waals surface area contributed by atoms with Crippen molar-refractivity contribution in [2.75, 3.05) is 12.4 Å². The minimum Gasteiger partial charge on any atom is -0.505 e. The zero-order valence-corrected chi connectivity index (χ0v) is 17.5. The minimum absolute atomic E-state index is 0.308. The molecule has 0 saturated carbocycles. The number of aliphatic carboxylic acids is 1. The number of aryl methyl sites for hydroxylation is 1. The van der Waals surface area contributed by atoms with Crippen molar-refractivity contribution in [2.45, 2.75) is 12.5 Å². The number of nitrogens with one attached hydrogen (secondary N) is 2. The first-order valence-electron chi connectivity index (χ1n) is 9.70. The fraction of sp³-hybridized carbons (Fsp3) is 0.174. The van der Waals surface area contributed by atoms with Crippen LogP contribution < -0.4 is 20.9 Å². The van der Waals surface area contributed by atoms with Gasteiger partial charge in [-0.2, -0.15) is 0 Å². The number of pyridine rings is 1. The van der Waals surface area contributed by atoms with Gasteiger partial charge >= 0.3 is 12.0 Å². The van der Waals surface area contributed by atoms with Crippen molar-refractivity contribution in [3.63, 3.8) is 0 Å². The average Bonchev–Trinajstić information content (AvgIpc) is 2.78. The number of carbonyl (C=O) groups is 2. The third-order valence-corrected chi connectivity index (χ3v) is 4.84. The highest BCUT2D eigenvalue weighted by Gasteiger charge is 2.21. The second-order valence-electron chi connectivity index (χ2n) is 7.10. The number of aromatic nitrogens is 1. The lowest BCUT2D eigenvalue weighted by molar-refractivity contribution is -0.137. The summed E-state index contributed by atoms with van der Waals surface area (Å²) >= 11 is 0. The fourth-order valence-electron chi connectivity index (χ4n) is 3.21. The molecule has 1 atom stereocenters. The summed E-state index contributed by atoms with van der Waals surface area (Å²) in [6.45, 7) is 0. The molecule has 32 heavy (non-hydrogen) atoms. The van der Waals surface area contributed by atoms with Gasteiger partial charge in [-0.15, -0.1) is 0 Å². The number of carboxylic acids is 1. The van der Waals surface area contributed by atoms with Gasteiger partial charge in [-0.25, -0.2) is 4.79 Å². The highest BCUT2D eigenvalue weighted by atomic mass is 16.5. The summed E-state index contributed by atoms with van der Waals surface area (Å²) in [6, 6.07) is 14.2. The van der Waals surface area contributed by atoms with E-state index in [1.54, 1.807) is 12.1 Å². The summed E-state index contributed by atoms with van der Waals surface area (Å²) in [5, 5.41) is 24.2. The predicted molar refractivity (Wildman–Crippen MR) is 119 cm³/mol. The van der Waals surface area contributed by atoms with E-state index in [0.29, 0.717) is 11.3 Å². The molecule has 0 spiro atoms. The van der Waals surface area contributed by atoms with Gasteiger partial charge in [-0.05, 0) is 41.0 Å². The third-order valence-electron chi connectivity index (χ3n) is 4.84. The van der Waals surface area contributed by atoms with Crippen molar-refractivity contribution in [1.82, 2.24) is 9.88 Å². The first-order valence-corrected chi connectivity index (χ1v) is 9.70. The molecule has 1 unspecified atom stereocenters. The van der Waals surface area contributed by atoms with E-state index in [9.17, 15) is 24.6 Å². The number of ether oxygens (including phenoxy) is 1. The lowest BCUT2D eigenvalue weighted by Crippen LogP contribution is -2.36. The highest BCUT2D eigenvalue weighted by molar-refractivity contribution is 5.91.